The molecule has 0 bridgehead atoms. The molecule has 0 aliphatic carbocycles. The van der Waals surface area contributed by atoms with Crippen molar-refractivity contribution in [2.75, 3.05) is 6.54 Å². The molecule has 2 heteroatoms. The summed E-state index contributed by atoms with van der Waals surface area (Å²) in [5.74, 6) is 0. The van der Waals surface area contributed by atoms with Crippen LogP contribution >= 0.6 is 0 Å². The van der Waals surface area contributed by atoms with Gasteiger partial charge in [-0.05, 0) is 17.7 Å². The maximum Gasteiger partial charge on any atom is 0.0491 e. The van der Waals surface area contributed by atoms with Crippen LogP contribution in [0.15, 0.2) is 60.7 Å². The Labute approximate surface area is 126 Å². The Bertz CT molecular complexity index is 711. The lowest BCUT2D eigenvalue weighted by molar-refractivity contribution is 0.549. The van der Waals surface area contributed by atoms with Gasteiger partial charge in [0, 0.05) is 35.7 Å². The zero-order chi connectivity index (χ0) is 14.7. The van der Waals surface area contributed by atoms with Crippen molar-refractivity contribution < 1.29 is 0 Å². The molecule has 0 radical (unpaired) electrons. The SMILES string of the molecule is CC(C)NCCn1c(-c2ccccc2)cc2ccccc21. The number of rotatable bonds is 5. The molecule has 2 aromatic carbocycles. The highest BCUT2D eigenvalue weighted by Gasteiger charge is 2.09. The van der Waals surface area contributed by atoms with Crippen molar-refractivity contribution in [2.45, 2.75) is 26.4 Å². The largest absolute Gasteiger partial charge is 0.339 e. The van der Waals surface area contributed by atoms with Gasteiger partial charge in [0.2, 0.25) is 0 Å². The topological polar surface area (TPSA) is 17.0 Å². The van der Waals surface area contributed by atoms with Crippen LogP contribution in [0.2, 0.25) is 0 Å². The fourth-order valence-electron chi connectivity index (χ4n) is 2.76. The van der Waals surface area contributed by atoms with Crippen molar-refractivity contribution in [3.63, 3.8) is 0 Å². The van der Waals surface area contributed by atoms with Crippen molar-refractivity contribution in [1.29, 1.82) is 0 Å². The van der Waals surface area contributed by atoms with Gasteiger partial charge >= 0.3 is 0 Å². The Morgan fingerprint density at radius 1 is 0.952 bits per heavy atom. The van der Waals surface area contributed by atoms with E-state index in [1.165, 1.54) is 22.2 Å². The quantitative estimate of drug-likeness (QED) is 0.736. The fraction of sp³-hybridized carbons (Fsp3) is 0.263. The van der Waals surface area contributed by atoms with Crippen molar-refractivity contribution in [3.8, 4) is 11.3 Å². The third kappa shape index (κ3) is 3.01. The smallest absolute Gasteiger partial charge is 0.0491 e. The summed E-state index contributed by atoms with van der Waals surface area (Å²) >= 11 is 0. The minimum Gasteiger partial charge on any atom is -0.339 e. The molecule has 2 nitrogen and oxygen atoms in total. The van der Waals surface area contributed by atoms with Gasteiger partial charge < -0.3 is 9.88 Å². The van der Waals surface area contributed by atoms with Crippen molar-refractivity contribution >= 4 is 10.9 Å². The second kappa shape index (κ2) is 6.15. The summed E-state index contributed by atoms with van der Waals surface area (Å²) in [5, 5.41) is 4.81. The van der Waals surface area contributed by atoms with E-state index in [1.54, 1.807) is 0 Å². The maximum absolute atomic E-state index is 3.51. The Balaban J connectivity index is 2.02. The average Bonchev–Trinajstić information content (AvgIpc) is 2.87. The first-order valence-electron chi connectivity index (χ1n) is 7.63. The molecule has 0 spiro atoms. The van der Waals surface area contributed by atoms with E-state index in [1.807, 2.05) is 0 Å². The number of nitrogens with zero attached hydrogens (tertiary/aromatic N) is 1. The molecule has 1 aromatic heterocycles. The van der Waals surface area contributed by atoms with Crippen LogP contribution < -0.4 is 5.32 Å². The highest BCUT2D eigenvalue weighted by atomic mass is 15.0. The predicted octanol–water partition coefficient (Wildman–Crippen LogP) is 4.31. The Morgan fingerprint density at radius 3 is 2.43 bits per heavy atom. The van der Waals surface area contributed by atoms with Gasteiger partial charge in [-0.15, -0.1) is 0 Å². The van der Waals surface area contributed by atoms with Gasteiger partial charge in [0.25, 0.3) is 0 Å². The number of hydrogen-bond acceptors (Lipinski definition) is 1. The molecule has 0 saturated carbocycles. The van der Waals surface area contributed by atoms with Gasteiger partial charge in [-0.1, -0.05) is 62.4 Å². The minimum atomic E-state index is 0.520. The van der Waals surface area contributed by atoms with Crippen LogP contribution in [0.1, 0.15) is 13.8 Å². The summed E-state index contributed by atoms with van der Waals surface area (Å²) in [6.07, 6.45) is 0. The second-order valence-electron chi connectivity index (χ2n) is 5.71. The first kappa shape index (κ1) is 13.9. The highest BCUT2D eigenvalue weighted by molar-refractivity contribution is 5.87. The Hall–Kier alpha value is -2.06. The maximum atomic E-state index is 3.51. The summed E-state index contributed by atoms with van der Waals surface area (Å²) in [4.78, 5) is 0. The molecule has 3 rings (SSSR count). The van der Waals surface area contributed by atoms with Crippen LogP contribution in [0.4, 0.5) is 0 Å². The van der Waals surface area contributed by atoms with Crippen LogP contribution in [0.3, 0.4) is 0 Å². The Morgan fingerprint density at radius 2 is 1.67 bits per heavy atom. The van der Waals surface area contributed by atoms with Crippen LogP contribution in [0, 0.1) is 0 Å². The van der Waals surface area contributed by atoms with Gasteiger partial charge in [-0.25, -0.2) is 0 Å². The van der Waals surface area contributed by atoms with E-state index in [2.05, 4.69) is 84.4 Å². The summed E-state index contributed by atoms with van der Waals surface area (Å²) in [6.45, 7) is 6.34. The monoisotopic (exact) mass is 278 g/mol. The van der Waals surface area contributed by atoms with E-state index in [4.69, 9.17) is 0 Å². The zero-order valence-corrected chi connectivity index (χ0v) is 12.7. The van der Waals surface area contributed by atoms with Gasteiger partial charge in [0.15, 0.2) is 0 Å². The number of nitrogens with one attached hydrogen (secondary N) is 1. The van der Waals surface area contributed by atoms with E-state index < -0.39 is 0 Å². The van der Waals surface area contributed by atoms with E-state index >= 15 is 0 Å². The molecule has 0 aliphatic rings. The summed E-state index contributed by atoms with van der Waals surface area (Å²) in [5.41, 5.74) is 3.88. The molecule has 0 saturated heterocycles. The second-order valence-corrected chi connectivity index (χ2v) is 5.71. The predicted molar refractivity (Wildman–Crippen MR) is 90.5 cm³/mol. The number of fused-ring (bicyclic) bond motifs is 1. The lowest BCUT2D eigenvalue weighted by Crippen LogP contribution is -2.26. The van der Waals surface area contributed by atoms with Crippen LogP contribution in [-0.4, -0.2) is 17.2 Å². The molecular weight excluding hydrogens is 256 g/mol. The lowest BCUT2D eigenvalue weighted by atomic mass is 10.1. The van der Waals surface area contributed by atoms with Crippen LogP contribution in [0.25, 0.3) is 22.2 Å². The molecule has 1 heterocycles. The number of benzene rings is 2. The van der Waals surface area contributed by atoms with Gasteiger partial charge in [0.1, 0.15) is 0 Å². The minimum absolute atomic E-state index is 0.520. The summed E-state index contributed by atoms with van der Waals surface area (Å²) < 4.78 is 2.42. The molecule has 0 atom stereocenters. The molecule has 0 unspecified atom stereocenters. The average molecular weight is 278 g/mol. The van der Waals surface area contributed by atoms with Crippen LogP contribution in [0.5, 0.6) is 0 Å². The standard InChI is InChI=1S/C19H22N2/c1-15(2)20-12-13-21-18-11-7-6-10-17(18)14-19(21)16-8-4-3-5-9-16/h3-11,14-15,20H,12-13H2,1-2H3. The third-order valence-electron chi connectivity index (χ3n) is 3.77. The molecule has 0 aliphatic heterocycles. The highest BCUT2D eigenvalue weighted by Crippen LogP contribution is 2.27. The van der Waals surface area contributed by atoms with Gasteiger partial charge in [0.05, 0.1) is 0 Å². The molecule has 3 aromatic rings. The molecule has 108 valence electrons. The van der Waals surface area contributed by atoms with Gasteiger partial charge in [-0.2, -0.15) is 0 Å². The van der Waals surface area contributed by atoms with E-state index in [0.29, 0.717) is 6.04 Å². The normalized spacial score (nSPS) is 11.4. The van der Waals surface area contributed by atoms with Crippen molar-refractivity contribution in [1.82, 2.24) is 9.88 Å². The first-order chi connectivity index (χ1) is 10.3. The Kier molecular flexibility index (Phi) is 4.07. The molecule has 1 N–H and O–H groups in total. The van der Waals surface area contributed by atoms with Crippen LogP contribution in [-0.2, 0) is 6.54 Å². The zero-order valence-electron chi connectivity index (χ0n) is 12.7. The van der Waals surface area contributed by atoms with Crippen molar-refractivity contribution in [2.24, 2.45) is 0 Å². The first-order valence-corrected chi connectivity index (χ1v) is 7.63. The molecule has 21 heavy (non-hydrogen) atoms. The number of aromatic nitrogens is 1. The molecule has 0 fully saturated rings. The fourth-order valence-corrected chi connectivity index (χ4v) is 2.76. The molecule has 0 amide bonds. The van der Waals surface area contributed by atoms with E-state index in [-0.39, 0.29) is 0 Å². The summed E-state index contributed by atoms with van der Waals surface area (Å²) in [6, 6.07) is 22.1. The molecular formula is C19H22N2. The summed E-state index contributed by atoms with van der Waals surface area (Å²) in [7, 11) is 0. The van der Waals surface area contributed by atoms with Crippen molar-refractivity contribution in [3.05, 3.63) is 60.7 Å². The van der Waals surface area contributed by atoms with E-state index in [9.17, 15) is 0 Å². The third-order valence-corrected chi connectivity index (χ3v) is 3.77. The lowest BCUT2D eigenvalue weighted by Gasteiger charge is -2.13. The number of para-hydroxylation sites is 1. The number of hydrogen-bond donors (Lipinski definition) is 1. The van der Waals surface area contributed by atoms with Gasteiger partial charge in [-0.3, -0.25) is 0 Å². The van der Waals surface area contributed by atoms with E-state index in [0.717, 1.165) is 13.1 Å².